The Morgan fingerprint density at radius 2 is 1.55 bits per heavy atom. The molecule has 3 aromatic carbocycles. The molecule has 3 N–H and O–H groups in total. The smallest absolute Gasteiger partial charge is 0.407 e. The molecule has 1 aliphatic rings. The first-order valence-corrected chi connectivity index (χ1v) is 12.0. The molecule has 172 valence electrons. The number of nitrogens with one attached hydrogen (secondary N) is 1. The fourth-order valence-corrected chi connectivity index (χ4v) is 5.76. The molecule has 0 saturated carbocycles. The van der Waals surface area contributed by atoms with Gasteiger partial charge in [0.1, 0.15) is 18.5 Å². The number of aliphatic hydroxyl groups is 2. The van der Waals surface area contributed by atoms with Crippen molar-refractivity contribution in [3.8, 4) is 11.1 Å². The number of rotatable bonds is 7. The van der Waals surface area contributed by atoms with Crippen molar-refractivity contribution < 1.29 is 24.1 Å². The van der Waals surface area contributed by atoms with Gasteiger partial charge in [-0.15, -0.1) is 0 Å². The highest BCUT2D eigenvalue weighted by atomic mass is 79.9. The third kappa shape index (κ3) is 5.14. The third-order valence-electron chi connectivity index (χ3n) is 5.76. The van der Waals surface area contributed by atoms with Crippen LogP contribution in [0.2, 0.25) is 0 Å². The van der Waals surface area contributed by atoms with Gasteiger partial charge in [-0.3, -0.25) is 0 Å². The number of amides is 1. The number of hydrogen-bond acceptors (Lipinski definition) is 4. The second-order valence-corrected chi connectivity index (χ2v) is 9.54. The van der Waals surface area contributed by atoms with Crippen molar-refractivity contribution in [3.63, 3.8) is 0 Å². The van der Waals surface area contributed by atoms with E-state index in [0.29, 0.717) is 14.5 Å². The quantitative estimate of drug-likeness (QED) is 0.337. The van der Waals surface area contributed by atoms with Crippen molar-refractivity contribution in [3.05, 3.63) is 92.1 Å². The van der Waals surface area contributed by atoms with E-state index >= 15 is 0 Å². The van der Waals surface area contributed by atoms with Crippen LogP contribution in [-0.2, 0) is 4.74 Å². The number of carbonyl (C=O) groups excluding carboxylic acids is 1. The zero-order chi connectivity index (χ0) is 23.5. The first-order chi connectivity index (χ1) is 15.9. The van der Waals surface area contributed by atoms with Crippen LogP contribution in [0, 0.1) is 5.82 Å². The summed E-state index contributed by atoms with van der Waals surface area (Å²) in [6.07, 6.45) is -2.94. The van der Waals surface area contributed by atoms with Gasteiger partial charge in [0.15, 0.2) is 0 Å². The van der Waals surface area contributed by atoms with Gasteiger partial charge in [-0.2, -0.15) is 0 Å². The molecule has 2 unspecified atom stereocenters. The van der Waals surface area contributed by atoms with E-state index in [1.165, 1.54) is 12.1 Å². The number of hydrogen-bond donors (Lipinski definition) is 3. The highest BCUT2D eigenvalue weighted by Gasteiger charge is 2.29. The monoisotopic (exact) mass is 577 g/mol. The summed E-state index contributed by atoms with van der Waals surface area (Å²) in [6.45, 7) is 0.297. The highest BCUT2D eigenvalue weighted by molar-refractivity contribution is 9.11. The van der Waals surface area contributed by atoms with Crippen LogP contribution in [0.5, 0.6) is 0 Å². The number of alkyl carbamates (subject to hydrolysis) is 1. The van der Waals surface area contributed by atoms with Crippen LogP contribution in [-0.4, -0.2) is 35.6 Å². The lowest BCUT2D eigenvalue weighted by Gasteiger charge is -2.21. The summed E-state index contributed by atoms with van der Waals surface area (Å²) in [5, 5.41) is 23.4. The molecule has 4 rings (SSSR count). The molecule has 0 radical (unpaired) electrons. The molecular weight excluding hydrogens is 557 g/mol. The van der Waals surface area contributed by atoms with Crippen molar-refractivity contribution in [1.82, 2.24) is 5.32 Å². The number of benzene rings is 3. The van der Waals surface area contributed by atoms with Gasteiger partial charge in [0.05, 0.1) is 6.10 Å². The van der Waals surface area contributed by atoms with Gasteiger partial charge in [-0.25, -0.2) is 9.18 Å². The highest BCUT2D eigenvalue weighted by Crippen LogP contribution is 2.44. The van der Waals surface area contributed by atoms with Crippen LogP contribution < -0.4 is 5.32 Å². The minimum absolute atomic E-state index is 0.0382. The molecule has 33 heavy (non-hydrogen) atoms. The van der Waals surface area contributed by atoms with E-state index < -0.39 is 24.1 Å². The van der Waals surface area contributed by atoms with Crippen LogP contribution in [0.3, 0.4) is 0 Å². The minimum atomic E-state index is -1.27. The van der Waals surface area contributed by atoms with Gasteiger partial charge in [0, 0.05) is 27.0 Å². The van der Waals surface area contributed by atoms with Gasteiger partial charge < -0.3 is 20.3 Å². The van der Waals surface area contributed by atoms with Crippen molar-refractivity contribution >= 4 is 38.0 Å². The van der Waals surface area contributed by atoms with Gasteiger partial charge >= 0.3 is 6.09 Å². The summed E-state index contributed by atoms with van der Waals surface area (Å²) in [5.74, 6) is -0.514. The fourth-order valence-electron chi connectivity index (χ4n) is 4.16. The molecule has 0 aliphatic heterocycles. The van der Waals surface area contributed by atoms with Crippen LogP contribution in [0.25, 0.3) is 11.1 Å². The van der Waals surface area contributed by atoms with E-state index in [2.05, 4.69) is 49.3 Å². The maximum Gasteiger partial charge on any atom is 0.407 e. The Balaban J connectivity index is 1.30. The lowest BCUT2D eigenvalue weighted by molar-refractivity contribution is 0.0128. The number of carbonyl (C=O) groups is 1. The predicted octanol–water partition coefficient (Wildman–Crippen LogP) is 5.67. The Kier molecular flexibility index (Phi) is 7.48. The number of aliphatic hydroxyl groups excluding tert-OH is 2. The van der Waals surface area contributed by atoms with Gasteiger partial charge in [0.2, 0.25) is 0 Å². The second kappa shape index (κ2) is 10.3. The summed E-state index contributed by atoms with van der Waals surface area (Å²) in [5.41, 5.74) is 4.89. The van der Waals surface area contributed by atoms with Crippen molar-refractivity contribution in [2.24, 2.45) is 0 Å². The van der Waals surface area contributed by atoms with E-state index in [1.807, 2.05) is 36.4 Å². The van der Waals surface area contributed by atoms with Crippen molar-refractivity contribution in [1.29, 1.82) is 0 Å². The predicted molar refractivity (Wildman–Crippen MR) is 130 cm³/mol. The molecule has 0 aromatic heterocycles. The molecule has 0 spiro atoms. The van der Waals surface area contributed by atoms with Gasteiger partial charge in [0.25, 0.3) is 0 Å². The third-order valence-corrected chi connectivity index (χ3v) is 7.07. The molecule has 2 atom stereocenters. The largest absolute Gasteiger partial charge is 0.449 e. The summed E-state index contributed by atoms with van der Waals surface area (Å²) < 4.78 is 19.6. The minimum Gasteiger partial charge on any atom is -0.449 e. The molecule has 3 aromatic rings. The zero-order valence-electron chi connectivity index (χ0n) is 17.5. The standard InChI is InChI=1S/C25H22Br2FNO4/c26-20-11-14(28)12-21(27)23(20)24(31)22(30)9-10-29-25(32)33-13-19-17-7-3-1-5-15(17)16-6-2-4-8-18(16)19/h1-8,11-12,19,22,24,30-31H,9-10,13H2,(H,29,32). The molecule has 8 heteroatoms. The van der Waals surface area contributed by atoms with Crippen LogP contribution in [0.4, 0.5) is 9.18 Å². The molecule has 0 heterocycles. The van der Waals surface area contributed by atoms with Crippen molar-refractivity contribution in [2.45, 2.75) is 24.5 Å². The zero-order valence-corrected chi connectivity index (χ0v) is 20.6. The van der Waals surface area contributed by atoms with Crippen LogP contribution in [0.1, 0.15) is 35.1 Å². The normalized spacial score (nSPS) is 14.3. The molecular formula is C25H22Br2FNO4. The number of fused-ring (bicyclic) bond motifs is 3. The topological polar surface area (TPSA) is 78.8 Å². The second-order valence-electron chi connectivity index (χ2n) is 7.84. The summed E-state index contributed by atoms with van der Waals surface area (Å²) in [6, 6.07) is 18.6. The fraction of sp³-hybridized carbons (Fsp3) is 0.240. The average Bonchev–Trinajstić information content (AvgIpc) is 3.10. The number of halogens is 3. The average molecular weight is 579 g/mol. The lowest BCUT2D eigenvalue weighted by Crippen LogP contribution is -2.30. The Morgan fingerprint density at radius 3 is 2.12 bits per heavy atom. The summed E-state index contributed by atoms with van der Waals surface area (Å²) in [7, 11) is 0. The van der Waals surface area contributed by atoms with E-state index in [4.69, 9.17) is 4.74 Å². The van der Waals surface area contributed by atoms with Crippen molar-refractivity contribution in [2.75, 3.05) is 13.2 Å². The first kappa shape index (κ1) is 23.9. The summed E-state index contributed by atoms with van der Waals surface area (Å²) >= 11 is 6.41. The van der Waals surface area contributed by atoms with E-state index in [-0.39, 0.29) is 25.5 Å². The Bertz CT molecular complexity index is 1100. The maximum absolute atomic E-state index is 13.4. The van der Waals surface area contributed by atoms with E-state index in [0.717, 1.165) is 22.3 Å². The Labute approximate surface area is 207 Å². The molecule has 5 nitrogen and oxygen atoms in total. The molecule has 0 bridgehead atoms. The van der Waals surface area contributed by atoms with Gasteiger partial charge in [-0.1, -0.05) is 80.4 Å². The molecule has 1 aliphatic carbocycles. The SMILES string of the molecule is O=C(NCCC(O)C(O)c1c(Br)cc(F)cc1Br)OCC1c2ccccc2-c2ccccc21. The van der Waals surface area contributed by atoms with Gasteiger partial charge in [-0.05, 0) is 40.8 Å². The molecule has 1 amide bonds. The Morgan fingerprint density at radius 1 is 1.00 bits per heavy atom. The Hall–Kier alpha value is -2.26. The maximum atomic E-state index is 13.4. The molecule has 0 saturated heterocycles. The van der Waals surface area contributed by atoms with Crippen LogP contribution >= 0.6 is 31.9 Å². The van der Waals surface area contributed by atoms with E-state index in [1.54, 1.807) is 0 Å². The van der Waals surface area contributed by atoms with Crippen LogP contribution in [0.15, 0.2) is 69.6 Å². The molecule has 0 fully saturated rings. The summed E-state index contributed by atoms with van der Waals surface area (Å²) in [4.78, 5) is 12.3. The van der Waals surface area contributed by atoms with E-state index in [9.17, 15) is 19.4 Å². The lowest BCUT2D eigenvalue weighted by atomic mass is 9.98. The number of ether oxygens (including phenoxy) is 1. The first-order valence-electron chi connectivity index (χ1n) is 10.5.